The topological polar surface area (TPSA) is 101 Å². The summed E-state index contributed by atoms with van der Waals surface area (Å²) in [7, 11) is -4.31. The maximum absolute atomic E-state index is 13.1. The number of ketones is 1. The fourth-order valence-electron chi connectivity index (χ4n) is 2.96. The molecule has 9 heteroatoms. The molecule has 28 heavy (non-hydrogen) atoms. The number of carbonyl (C=O) groups is 3. The fraction of sp³-hybridized carbons (Fsp3) is 0.211. The van der Waals surface area contributed by atoms with Crippen molar-refractivity contribution in [2.75, 3.05) is 5.32 Å². The third kappa shape index (κ3) is 3.79. The second-order valence-corrected chi connectivity index (χ2v) is 8.14. The molecule has 1 heterocycles. The molecule has 2 amide bonds. The number of anilines is 1. The van der Waals surface area contributed by atoms with Gasteiger partial charge < -0.3 is 5.32 Å². The minimum absolute atomic E-state index is 0.0253. The van der Waals surface area contributed by atoms with Crippen LogP contribution in [-0.2, 0) is 19.6 Å². The first-order chi connectivity index (χ1) is 13.2. The highest BCUT2D eigenvalue weighted by atomic mass is 32.2. The van der Waals surface area contributed by atoms with Gasteiger partial charge in [-0.1, -0.05) is 12.1 Å². The van der Waals surface area contributed by atoms with E-state index in [2.05, 4.69) is 5.32 Å². The number of rotatable bonds is 5. The largest absolute Gasteiger partial charge is 0.324 e. The number of sulfonamides is 1. The van der Waals surface area contributed by atoms with Gasteiger partial charge in [0.2, 0.25) is 11.8 Å². The zero-order valence-corrected chi connectivity index (χ0v) is 15.7. The molecule has 3 rings (SSSR count). The van der Waals surface area contributed by atoms with E-state index >= 15 is 0 Å². The molecule has 1 atom stereocenters. The molecule has 1 saturated heterocycles. The van der Waals surface area contributed by atoms with E-state index in [4.69, 9.17) is 0 Å². The lowest BCUT2D eigenvalue weighted by molar-refractivity contribution is -0.128. The Kier molecular flexibility index (Phi) is 5.28. The molecular weight excluding hydrogens is 387 g/mol. The highest BCUT2D eigenvalue weighted by Crippen LogP contribution is 2.28. The zero-order chi connectivity index (χ0) is 20.5. The summed E-state index contributed by atoms with van der Waals surface area (Å²) in [6.45, 7) is 1.38. The van der Waals surface area contributed by atoms with Crippen LogP contribution in [0, 0.1) is 5.82 Å². The first-order valence-corrected chi connectivity index (χ1v) is 9.89. The molecule has 0 aromatic heterocycles. The molecule has 146 valence electrons. The number of nitrogens with one attached hydrogen (secondary N) is 1. The number of hydrogen-bond acceptors (Lipinski definition) is 5. The van der Waals surface area contributed by atoms with Gasteiger partial charge in [-0.25, -0.2) is 17.1 Å². The van der Waals surface area contributed by atoms with E-state index in [0.29, 0.717) is 15.6 Å². The molecule has 7 nitrogen and oxygen atoms in total. The van der Waals surface area contributed by atoms with Gasteiger partial charge >= 0.3 is 0 Å². The monoisotopic (exact) mass is 404 g/mol. The highest BCUT2D eigenvalue weighted by Gasteiger charge is 2.44. The smallest absolute Gasteiger partial charge is 0.267 e. The predicted molar refractivity (Wildman–Crippen MR) is 98.5 cm³/mol. The van der Waals surface area contributed by atoms with E-state index in [9.17, 15) is 27.2 Å². The van der Waals surface area contributed by atoms with E-state index in [0.717, 1.165) is 24.3 Å². The van der Waals surface area contributed by atoms with Crippen molar-refractivity contribution in [1.29, 1.82) is 0 Å². The number of hydrogen-bond donors (Lipinski definition) is 1. The molecular formula is C19H17FN2O5S. The van der Waals surface area contributed by atoms with E-state index in [1.807, 2.05) is 0 Å². The third-order valence-electron chi connectivity index (χ3n) is 4.37. The SMILES string of the molecule is CC(=O)c1cccc(NC(=O)C2CCC(=O)N2S(=O)(=O)c2ccc(F)cc2)c1. The molecule has 1 aliphatic heterocycles. The van der Waals surface area contributed by atoms with Crippen LogP contribution in [0.15, 0.2) is 53.4 Å². The van der Waals surface area contributed by atoms with Crippen LogP contribution in [-0.4, -0.2) is 36.4 Å². The van der Waals surface area contributed by atoms with Crippen molar-refractivity contribution in [3.05, 3.63) is 59.9 Å². The number of amides is 2. The van der Waals surface area contributed by atoms with Gasteiger partial charge in [-0.15, -0.1) is 0 Å². The van der Waals surface area contributed by atoms with Crippen LogP contribution in [0.3, 0.4) is 0 Å². The molecule has 0 aliphatic carbocycles. The first kappa shape index (κ1) is 19.7. The summed E-state index contributed by atoms with van der Waals surface area (Å²) < 4.78 is 39.3. The van der Waals surface area contributed by atoms with Crippen molar-refractivity contribution in [2.24, 2.45) is 0 Å². The third-order valence-corrected chi connectivity index (χ3v) is 6.21. The van der Waals surface area contributed by atoms with Crippen molar-refractivity contribution in [2.45, 2.75) is 30.7 Å². The van der Waals surface area contributed by atoms with Crippen molar-refractivity contribution in [3.8, 4) is 0 Å². The lowest BCUT2D eigenvalue weighted by Gasteiger charge is -2.23. The summed E-state index contributed by atoms with van der Waals surface area (Å²) >= 11 is 0. The van der Waals surface area contributed by atoms with Gasteiger partial charge in [-0.2, -0.15) is 0 Å². The number of halogens is 1. The quantitative estimate of drug-likeness (QED) is 0.771. The van der Waals surface area contributed by atoms with Gasteiger partial charge in [0.25, 0.3) is 10.0 Å². The second kappa shape index (κ2) is 7.51. The van der Waals surface area contributed by atoms with Gasteiger partial charge in [0.1, 0.15) is 11.9 Å². The summed E-state index contributed by atoms with van der Waals surface area (Å²) in [5.41, 5.74) is 0.701. The summed E-state index contributed by atoms with van der Waals surface area (Å²) in [5.74, 6) is -2.20. The Balaban J connectivity index is 1.87. The summed E-state index contributed by atoms with van der Waals surface area (Å²) in [5, 5.41) is 2.55. The molecule has 0 bridgehead atoms. The van der Waals surface area contributed by atoms with Gasteiger partial charge in [0.15, 0.2) is 5.78 Å². The van der Waals surface area contributed by atoms with Gasteiger partial charge in [0.05, 0.1) is 4.90 Å². The predicted octanol–water partition coefficient (Wildman–Crippen LogP) is 2.35. The van der Waals surface area contributed by atoms with E-state index in [-0.39, 0.29) is 23.5 Å². The van der Waals surface area contributed by atoms with Crippen LogP contribution in [0.2, 0.25) is 0 Å². The Hall–Kier alpha value is -3.07. The molecule has 0 saturated carbocycles. The molecule has 0 radical (unpaired) electrons. The van der Waals surface area contributed by atoms with Crippen molar-refractivity contribution in [3.63, 3.8) is 0 Å². The van der Waals surface area contributed by atoms with Gasteiger partial charge in [-0.3, -0.25) is 14.4 Å². The Morgan fingerprint density at radius 2 is 1.82 bits per heavy atom. The normalized spacial score (nSPS) is 16.9. The maximum Gasteiger partial charge on any atom is 0.267 e. The van der Waals surface area contributed by atoms with Crippen LogP contribution in [0.5, 0.6) is 0 Å². The fourth-order valence-corrected chi connectivity index (χ4v) is 4.56. The number of benzene rings is 2. The molecule has 1 fully saturated rings. The van der Waals surface area contributed by atoms with Crippen LogP contribution >= 0.6 is 0 Å². The van der Waals surface area contributed by atoms with Gasteiger partial charge in [-0.05, 0) is 49.7 Å². The Morgan fingerprint density at radius 3 is 2.46 bits per heavy atom. The lowest BCUT2D eigenvalue weighted by atomic mass is 10.1. The Labute approximate surface area is 161 Å². The summed E-state index contributed by atoms with van der Waals surface area (Å²) in [4.78, 5) is 36.1. The molecule has 2 aromatic rings. The Morgan fingerprint density at radius 1 is 1.14 bits per heavy atom. The lowest BCUT2D eigenvalue weighted by Crippen LogP contribution is -2.45. The van der Waals surface area contributed by atoms with Crippen molar-refractivity contribution in [1.82, 2.24) is 4.31 Å². The maximum atomic E-state index is 13.1. The highest BCUT2D eigenvalue weighted by molar-refractivity contribution is 7.89. The minimum Gasteiger partial charge on any atom is -0.324 e. The second-order valence-electron chi connectivity index (χ2n) is 6.33. The number of nitrogens with zero attached hydrogens (tertiary/aromatic N) is 1. The summed E-state index contributed by atoms with van der Waals surface area (Å²) in [6, 6.07) is 8.98. The van der Waals surface area contributed by atoms with Crippen molar-refractivity contribution < 1.29 is 27.2 Å². The molecule has 1 unspecified atom stereocenters. The van der Waals surface area contributed by atoms with E-state index in [1.165, 1.54) is 13.0 Å². The van der Waals surface area contributed by atoms with Crippen LogP contribution in [0.1, 0.15) is 30.1 Å². The Bertz CT molecular complexity index is 1050. The van der Waals surface area contributed by atoms with Gasteiger partial charge in [0, 0.05) is 17.7 Å². The molecule has 1 N–H and O–H groups in total. The average molecular weight is 404 g/mol. The average Bonchev–Trinajstić information content (AvgIpc) is 3.05. The summed E-state index contributed by atoms with van der Waals surface area (Å²) in [6.07, 6.45) is -0.0799. The van der Waals surface area contributed by atoms with Crippen molar-refractivity contribution >= 4 is 33.3 Å². The minimum atomic E-state index is -4.31. The molecule has 0 spiro atoms. The van der Waals surface area contributed by atoms with E-state index in [1.54, 1.807) is 18.2 Å². The first-order valence-electron chi connectivity index (χ1n) is 8.45. The standard InChI is InChI=1S/C19H17FN2O5S/c1-12(23)13-3-2-4-15(11-13)21-19(25)17-9-10-18(24)22(17)28(26,27)16-7-5-14(20)6-8-16/h2-8,11,17H,9-10H2,1H3,(H,21,25). The molecule has 1 aliphatic rings. The van der Waals surface area contributed by atoms with Crippen LogP contribution in [0.4, 0.5) is 10.1 Å². The van der Waals surface area contributed by atoms with E-state index < -0.39 is 33.7 Å². The zero-order valence-electron chi connectivity index (χ0n) is 14.9. The van der Waals surface area contributed by atoms with Crippen LogP contribution in [0.25, 0.3) is 0 Å². The number of Topliss-reactive ketones (excluding diaryl/α,β-unsaturated/α-hetero) is 1. The number of carbonyl (C=O) groups excluding carboxylic acids is 3. The molecule has 2 aromatic carbocycles. The van der Waals surface area contributed by atoms with Crippen LogP contribution < -0.4 is 5.32 Å².